The van der Waals surface area contributed by atoms with Crippen LogP contribution in [0.2, 0.25) is 0 Å². The Hall–Kier alpha value is -9.24. The van der Waals surface area contributed by atoms with E-state index >= 15 is 0 Å². The monoisotopic (exact) mass is 890 g/mol. The molecule has 0 atom stereocenters. The SMILES string of the molecule is c1ccc(-c2ccccc2-c2ccccc2-c2ccc(N(c3ccc(-c4ccc5ccccc5c4)cc3)c3ccc(-c4ccc5c6ccc7ccccc7c6n(-c6ccccc6)c5c4)cc3)cc2)cc1. The third-order valence-corrected chi connectivity index (χ3v) is 14.0. The molecule has 0 aliphatic carbocycles. The van der Waals surface area contributed by atoms with Gasteiger partial charge in [-0.25, -0.2) is 0 Å². The molecule has 12 aromatic carbocycles. The van der Waals surface area contributed by atoms with Gasteiger partial charge in [-0.05, 0) is 132 Å². The average Bonchev–Trinajstić information content (AvgIpc) is 3.78. The third kappa shape index (κ3) is 7.31. The summed E-state index contributed by atoms with van der Waals surface area (Å²) >= 11 is 0. The van der Waals surface area contributed by atoms with Gasteiger partial charge in [-0.3, -0.25) is 0 Å². The van der Waals surface area contributed by atoms with Gasteiger partial charge in [-0.2, -0.15) is 0 Å². The Kier molecular flexibility index (Phi) is 10.2. The predicted molar refractivity (Wildman–Crippen MR) is 298 cm³/mol. The van der Waals surface area contributed by atoms with Gasteiger partial charge in [0.15, 0.2) is 0 Å². The summed E-state index contributed by atoms with van der Waals surface area (Å²) in [5, 5.41) is 7.48. The van der Waals surface area contributed by atoms with Crippen molar-refractivity contribution in [1.29, 1.82) is 0 Å². The van der Waals surface area contributed by atoms with E-state index in [0.717, 1.165) is 28.3 Å². The van der Waals surface area contributed by atoms with Crippen LogP contribution in [0.3, 0.4) is 0 Å². The summed E-state index contributed by atoms with van der Waals surface area (Å²) in [7, 11) is 0. The van der Waals surface area contributed by atoms with Crippen molar-refractivity contribution in [2.45, 2.75) is 0 Å². The zero-order valence-electron chi connectivity index (χ0n) is 38.5. The van der Waals surface area contributed by atoms with E-state index in [1.165, 1.54) is 93.4 Å². The van der Waals surface area contributed by atoms with Crippen molar-refractivity contribution >= 4 is 60.4 Å². The number of para-hydroxylation sites is 1. The van der Waals surface area contributed by atoms with Gasteiger partial charge in [0, 0.05) is 38.9 Å². The molecule has 0 fully saturated rings. The lowest BCUT2D eigenvalue weighted by atomic mass is 9.89. The molecule has 13 aromatic rings. The third-order valence-electron chi connectivity index (χ3n) is 14.0. The molecule has 2 heteroatoms. The van der Waals surface area contributed by atoms with Crippen LogP contribution in [-0.2, 0) is 0 Å². The topological polar surface area (TPSA) is 8.17 Å². The van der Waals surface area contributed by atoms with Crippen molar-refractivity contribution in [3.8, 4) is 61.3 Å². The fraction of sp³-hybridized carbons (Fsp3) is 0. The molecule has 13 rings (SSSR count). The molecule has 0 saturated heterocycles. The zero-order valence-corrected chi connectivity index (χ0v) is 38.5. The summed E-state index contributed by atoms with van der Waals surface area (Å²) in [6, 6.07) is 102. The first-order valence-corrected chi connectivity index (χ1v) is 24.1. The summed E-state index contributed by atoms with van der Waals surface area (Å²) in [4.78, 5) is 2.37. The number of hydrogen-bond donors (Lipinski definition) is 0. The lowest BCUT2D eigenvalue weighted by Crippen LogP contribution is -2.09. The lowest BCUT2D eigenvalue weighted by Gasteiger charge is -2.26. The highest BCUT2D eigenvalue weighted by Gasteiger charge is 2.19. The first kappa shape index (κ1) is 41.0. The number of anilines is 3. The number of fused-ring (bicyclic) bond motifs is 6. The molecule has 2 nitrogen and oxygen atoms in total. The highest BCUT2D eigenvalue weighted by Crippen LogP contribution is 2.43. The van der Waals surface area contributed by atoms with E-state index in [1.54, 1.807) is 0 Å². The summed E-state index contributed by atoms with van der Waals surface area (Å²) < 4.78 is 2.44. The van der Waals surface area contributed by atoms with Gasteiger partial charge in [0.05, 0.1) is 11.0 Å². The van der Waals surface area contributed by atoms with Crippen LogP contribution in [-0.4, -0.2) is 4.57 Å². The standard InChI is InChI=1S/C68H46N2/c1-3-16-50(17-4-1)60-22-11-13-25-63(60)64-26-14-12-23-61(64)52-33-41-59(42-34-52)69(57-37-29-48(30-38-57)54-28-27-47-15-7-8-19-53(47)45-54)58-39-31-49(32-40-58)55-36-43-65-66-44-35-51-18-9-10-24-62(51)68(66)70(67(65)46-55)56-20-5-2-6-21-56/h1-46H. The van der Waals surface area contributed by atoms with E-state index in [2.05, 4.69) is 289 Å². The van der Waals surface area contributed by atoms with Crippen LogP contribution in [0, 0.1) is 0 Å². The second kappa shape index (κ2) is 17.4. The smallest absolute Gasteiger partial charge is 0.0619 e. The molecule has 0 N–H and O–H groups in total. The second-order valence-electron chi connectivity index (χ2n) is 18.1. The van der Waals surface area contributed by atoms with Crippen molar-refractivity contribution in [3.63, 3.8) is 0 Å². The normalized spacial score (nSPS) is 11.4. The van der Waals surface area contributed by atoms with Crippen LogP contribution in [0.15, 0.2) is 279 Å². The Morgan fingerprint density at radius 1 is 0.243 bits per heavy atom. The van der Waals surface area contributed by atoms with E-state index < -0.39 is 0 Å². The van der Waals surface area contributed by atoms with Gasteiger partial charge < -0.3 is 9.47 Å². The first-order chi connectivity index (χ1) is 34.7. The van der Waals surface area contributed by atoms with Gasteiger partial charge in [0.2, 0.25) is 0 Å². The Bertz CT molecular complexity index is 4020. The molecule has 0 radical (unpaired) electrons. The molecule has 0 aliphatic rings. The Labute approximate surface area is 408 Å². The number of benzene rings is 12. The molecule has 0 aliphatic heterocycles. The Balaban J connectivity index is 0.898. The fourth-order valence-corrected chi connectivity index (χ4v) is 10.6. The molecule has 0 unspecified atom stereocenters. The summed E-state index contributed by atoms with van der Waals surface area (Å²) in [5.41, 5.74) is 18.8. The van der Waals surface area contributed by atoms with Crippen molar-refractivity contribution in [3.05, 3.63) is 279 Å². The molecular formula is C68H46N2. The summed E-state index contributed by atoms with van der Waals surface area (Å²) in [6.45, 7) is 0. The highest BCUT2D eigenvalue weighted by atomic mass is 15.1. The molecule has 0 amide bonds. The fourth-order valence-electron chi connectivity index (χ4n) is 10.6. The van der Waals surface area contributed by atoms with Gasteiger partial charge in [-0.15, -0.1) is 0 Å². The van der Waals surface area contributed by atoms with Gasteiger partial charge in [0.1, 0.15) is 0 Å². The minimum absolute atomic E-state index is 1.08. The number of nitrogens with zero attached hydrogens (tertiary/aromatic N) is 2. The van der Waals surface area contributed by atoms with Gasteiger partial charge in [-0.1, -0.05) is 218 Å². The van der Waals surface area contributed by atoms with E-state index in [9.17, 15) is 0 Å². The van der Waals surface area contributed by atoms with Crippen LogP contribution < -0.4 is 4.90 Å². The summed E-state index contributed by atoms with van der Waals surface area (Å²) in [6.07, 6.45) is 0. The number of aromatic nitrogens is 1. The zero-order chi connectivity index (χ0) is 46.4. The summed E-state index contributed by atoms with van der Waals surface area (Å²) in [5.74, 6) is 0. The van der Waals surface area contributed by atoms with Crippen molar-refractivity contribution in [2.24, 2.45) is 0 Å². The van der Waals surface area contributed by atoms with E-state index in [0.29, 0.717) is 0 Å². The quantitative estimate of drug-likeness (QED) is 0.140. The second-order valence-corrected chi connectivity index (χ2v) is 18.1. The minimum atomic E-state index is 1.08. The minimum Gasteiger partial charge on any atom is -0.311 e. The predicted octanol–water partition coefficient (Wildman–Crippen LogP) is 18.9. The lowest BCUT2D eigenvalue weighted by molar-refractivity contribution is 1.19. The maximum absolute atomic E-state index is 2.44. The van der Waals surface area contributed by atoms with Crippen molar-refractivity contribution in [1.82, 2.24) is 4.57 Å². The van der Waals surface area contributed by atoms with Crippen LogP contribution in [0.1, 0.15) is 0 Å². The molecule has 0 bridgehead atoms. The van der Waals surface area contributed by atoms with E-state index in [-0.39, 0.29) is 0 Å². The Morgan fingerprint density at radius 2 is 0.671 bits per heavy atom. The molecule has 0 saturated carbocycles. The van der Waals surface area contributed by atoms with Crippen LogP contribution in [0.25, 0.3) is 105 Å². The van der Waals surface area contributed by atoms with E-state index in [1.807, 2.05) is 0 Å². The van der Waals surface area contributed by atoms with Crippen LogP contribution in [0.5, 0.6) is 0 Å². The van der Waals surface area contributed by atoms with Crippen molar-refractivity contribution < 1.29 is 0 Å². The molecule has 70 heavy (non-hydrogen) atoms. The van der Waals surface area contributed by atoms with Gasteiger partial charge >= 0.3 is 0 Å². The molecule has 328 valence electrons. The van der Waals surface area contributed by atoms with Crippen LogP contribution in [0.4, 0.5) is 17.1 Å². The Morgan fingerprint density at radius 3 is 1.30 bits per heavy atom. The average molecular weight is 891 g/mol. The molecule has 1 heterocycles. The van der Waals surface area contributed by atoms with Crippen molar-refractivity contribution in [2.75, 3.05) is 4.90 Å². The molecule has 1 aromatic heterocycles. The maximum Gasteiger partial charge on any atom is 0.0619 e. The molecular weight excluding hydrogens is 845 g/mol. The van der Waals surface area contributed by atoms with Crippen LogP contribution >= 0.6 is 0 Å². The highest BCUT2D eigenvalue weighted by molar-refractivity contribution is 6.19. The number of rotatable bonds is 9. The van der Waals surface area contributed by atoms with Gasteiger partial charge in [0.25, 0.3) is 0 Å². The molecule has 0 spiro atoms. The number of hydrogen-bond acceptors (Lipinski definition) is 1. The maximum atomic E-state index is 2.44. The largest absolute Gasteiger partial charge is 0.311 e. The van der Waals surface area contributed by atoms with E-state index in [4.69, 9.17) is 0 Å². The first-order valence-electron chi connectivity index (χ1n) is 24.1.